The molecule has 0 aromatic carbocycles. The van der Waals surface area contributed by atoms with Crippen LogP contribution in [0.4, 0.5) is 0 Å². The van der Waals surface area contributed by atoms with Gasteiger partial charge in [-0.15, -0.1) is 0 Å². The van der Waals surface area contributed by atoms with Gasteiger partial charge in [0.25, 0.3) is 0 Å². The van der Waals surface area contributed by atoms with E-state index in [-0.39, 0.29) is 17.1 Å². The zero-order valence-corrected chi connectivity index (χ0v) is 14.9. The molecule has 0 amide bonds. The van der Waals surface area contributed by atoms with Crippen molar-refractivity contribution in [3.05, 3.63) is 65.6 Å². The number of pyridine rings is 2. The van der Waals surface area contributed by atoms with Crippen LogP contribution in [0.3, 0.4) is 0 Å². The summed E-state index contributed by atoms with van der Waals surface area (Å²) >= 11 is 4.39. The van der Waals surface area contributed by atoms with Gasteiger partial charge in [0.15, 0.2) is 17.3 Å². The second-order valence-corrected chi connectivity index (χ2v) is 5.19. The summed E-state index contributed by atoms with van der Waals surface area (Å²) in [6.07, 6.45) is 4.37. The van der Waals surface area contributed by atoms with Crippen molar-refractivity contribution < 1.29 is 17.1 Å². The second kappa shape index (κ2) is 10.2. The first-order chi connectivity index (χ1) is 10.7. The minimum Gasteiger partial charge on any atom is -0.515 e. The fraction of sp³-hybridized carbons (Fsp3) is 0.250. The molecule has 0 saturated heterocycles. The van der Waals surface area contributed by atoms with E-state index in [0.717, 1.165) is 30.1 Å². The Kier molecular flexibility index (Phi) is 8.58. The number of thiol groups is 1. The third-order valence-corrected chi connectivity index (χ3v) is 3.53. The number of hydrogen-bond donors (Lipinski definition) is 0. The fourth-order valence-corrected chi connectivity index (χ4v) is 1.90. The normalized spacial score (nSPS) is 11.0. The maximum atomic E-state index is 4.39. The Hall–Kier alpha value is -1.66. The summed E-state index contributed by atoms with van der Waals surface area (Å²) in [6.45, 7) is 2.65. The van der Waals surface area contributed by atoms with Gasteiger partial charge in [0.05, 0.1) is 5.69 Å². The monoisotopic (exact) mass is 376 g/mol. The molecule has 0 N–H and O–H groups in total. The standard InChI is InChI=1S/C16H19N5S.Cu/c1-13(15-8-4-6-11-18-15)19-20-16(22)21(2)12-9-14-7-3-5-10-17-14;/h3-8,10-11H,9,12H2,1-2H3,(H,18,20,22);/q;+2. The Balaban J connectivity index is 0.00000264. The Bertz CT molecular complexity index is 633. The predicted molar refractivity (Wildman–Crippen MR) is 94.1 cm³/mol. The van der Waals surface area contributed by atoms with Crippen molar-refractivity contribution in [1.29, 1.82) is 0 Å². The zero-order chi connectivity index (χ0) is 15.8. The topological polar surface area (TPSA) is 55.5 Å². The molecule has 7 heteroatoms. The molecule has 2 aromatic heterocycles. The molecule has 123 valence electrons. The maximum Gasteiger partial charge on any atom is 2.00 e. The first-order valence-corrected chi connectivity index (χ1v) is 7.45. The van der Waals surface area contributed by atoms with Gasteiger partial charge in [-0.2, -0.15) is 0 Å². The molecule has 0 bridgehead atoms. The summed E-state index contributed by atoms with van der Waals surface area (Å²) in [5.74, 6) is 0. The van der Waals surface area contributed by atoms with Gasteiger partial charge < -0.3 is 10.5 Å². The van der Waals surface area contributed by atoms with E-state index in [1.54, 1.807) is 12.4 Å². The van der Waals surface area contributed by atoms with Crippen LogP contribution in [0.2, 0.25) is 0 Å². The molecule has 0 aliphatic rings. The minimum atomic E-state index is 0. The van der Waals surface area contributed by atoms with Gasteiger partial charge in [-0.25, -0.2) is 4.90 Å². The molecule has 0 unspecified atom stereocenters. The van der Waals surface area contributed by atoms with Crippen LogP contribution < -0.4 is 0 Å². The zero-order valence-electron chi connectivity index (χ0n) is 13.0. The van der Waals surface area contributed by atoms with Gasteiger partial charge in [0.1, 0.15) is 0 Å². The van der Waals surface area contributed by atoms with Crippen LogP contribution in [0.25, 0.3) is 5.43 Å². The Morgan fingerprint density at radius 2 is 1.87 bits per heavy atom. The molecule has 0 spiro atoms. The molecule has 5 nitrogen and oxygen atoms in total. The number of rotatable bonds is 5. The summed E-state index contributed by atoms with van der Waals surface area (Å²) in [4.78, 5) is 10.5. The molecule has 0 fully saturated rings. The van der Waals surface area contributed by atoms with Crippen molar-refractivity contribution in [3.8, 4) is 0 Å². The molecule has 0 aliphatic heterocycles. The van der Waals surface area contributed by atoms with Gasteiger partial charge in [0, 0.05) is 36.8 Å². The number of aromatic nitrogens is 2. The first kappa shape index (κ1) is 19.4. The van der Waals surface area contributed by atoms with Crippen LogP contribution in [-0.2, 0) is 35.7 Å². The van der Waals surface area contributed by atoms with Crippen LogP contribution in [-0.4, -0.2) is 39.3 Å². The Morgan fingerprint density at radius 1 is 1.17 bits per heavy atom. The predicted octanol–water partition coefficient (Wildman–Crippen LogP) is 2.11. The van der Waals surface area contributed by atoms with Gasteiger partial charge in [-0.3, -0.25) is 9.97 Å². The smallest absolute Gasteiger partial charge is 0.515 e. The third kappa shape index (κ3) is 6.54. The van der Waals surface area contributed by atoms with Crippen LogP contribution >= 0.6 is 0 Å². The summed E-state index contributed by atoms with van der Waals surface area (Å²) in [5.41, 5.74) is 6.76. The molecule has 2 heterocycles. The number of likely N-dealkylation sites (N-methyl/N-ethyl adjacent to an activating group) is 1. The maximum absolute atomic E-state index is 4.39. The molecule has 0 saturated carbocycles. The number of hydrogen-bond acceptors (Lipinski definition) is 3. The van der Waals surface area contributed by atoms with Gasteiger partial charge >= 0.3 is 17.1 Å². The quantitative estimate of drug-likeness (QED) is 0.200. The molecular weight excluding hydrogens is 358 g/mol. The summed E-state index contributed by atoms with van der Waals surface area (Å²) in [5, 5.41) is 4.74. The van der Waals surface area contributed by atoms with Gasteiger partial charge in [-0.1, -0.05) is 12.1 Å². The van der Waals surface area contributed by atoms with E-state index in [4.69, 9.17) is 0 Å². The fourth-order valence-electron chi connectivity index (χ4n) is 1.75. The van der Waals surface area contributed by atoms with E-state index in [0.29, 0.717) is 5.11 Å². The van der Waals surface area contributed by atoms with Gasteiger partial charge in [0.2, 0.25) is 0 Å². The molecule has 23 heavy (non-hydrogen) atoms. The van der Waals surface area contributed by atoms with E-state index < -0.39 is 0 Å². The van der Waals surface area contributed by atoms with Crippen molar-refractivity contribution >= 4 is 23.0 Å². The van der Waals surface area contributed by atoms with E-state index in [1.165, 1.54) is 0 Å². The average molecular weight is 377 g/mol. The van der Waals surface area contributed by atoms with E-state index >= 15 is 0 Å². The van der Waals surface area contributed by atoms with Crippen LogP contribution in [0.15, 0.2) is 53.9 Å². The summed E-state index contributed by atoms with van der Waals surface area (Å²) in [6, 6.07) is 11.6. The van der Waals surface area contributed by atoms with Crippen molar-refractivity contribution in [2.24, 2.45) is 5.10 Å². The van der Waals surface area contributed by atoms with Crippen LogP contribution in [0, 0.1) is 0 Å². The molecular formula is C16H19CuN5S+2. The second-order valence-electron chi connectivity index (χ2n) is 4.79. The van der Waals surface area contributed by atoms with Crippen molar-refractivity contribution in [1.82, 2.24) is 14.9 Å². The van der Waals surface area contributed by atoms with E-state index in [9.17, 15) is 0 Å². The molecule has 0 aliphatic carbocycles. The average Bonchev–Trinajstić information content (AvgIpc) is 2.58. The Morgan fingerprint density at radius 3 is 2.48 bits per heavy atom. The van der Waals surface area contributed by atoms with Gasteiger partial charge in [-0.05, 0) is 38.2 Å². The van der Waals surface area contributed by atoms with E-state index in [2.05, 4.69) is 32.7 Å². The Labute approximate surface area is 152 Å². The molecule has 1 radical (unpaired) electrons. The number of nitrogens with zero attached hydrogens (tertiary/aromatic N) is 5. The SMILES string of the molecule is CC(=N[N-]C(=[SH+])N(C)CCc1ccccn1)c1ccccn1.[Cu+2]. The minimum absolute atomic E-state index is 0. The van der Waals surface area contributed by atoms with Crippen LogP contribution in [0.5, 0.6) is 0 Å². The third-order valence-electron chi connectivity index (χ3n) is 3.10. The largest absolute Gasteiger partial charge is 2.00 e. The summed E-state index contributed by atoms with van der Waals surface area (Å²) < 4.78 is 0. The van der Waals surface area contributed by atoms with E-state index in [1.807, 2.05) is 55.3 Å². The molecule has 2 aromatic rings. The van der Waals surface area contributed by atoms with Crippen molar-refractivity contribution in [2.75, 3.05) is 13.6 Å². The first-order valence-electron chi connectivity index (χ1n) is 7.00. The van der Waals surface area contributed by atoms with Crippen LogP contribution in [0.1, 0.15) is 18.3 Å². The molecule has 0 atom stereocenters. The van der Waals surface area contributed by atoms with Crippen molar-refractivity contribution in [3.63, 3.8) is 0 Å². The van der Waals surface area contributed by atoms with Crippen molar-refractivity contribution in [2.45, 2.75) is 13.3 Å². The summed E-state index contributed by atoms with van der Waals surface area (Å²) in [7, 11) is 1.93. The molecule has 2 rings (SSSR count).